The third-order valence-corrected chi connectivity index (χ3v) is 5.78. The van der Waals surface area contributed by atoms with Crippen LogP contribution in [0.5, 0.6) is 11.5 Å². The van der Waals surface area contributed by atoms with Crippen LogP contribution >= 0.6 is 11.6 Å². The maximum atomic E-state index is 13.2. The number of hydrogen-bond acceptors (Lipinski definition) is 4. The number of hydrogen-bond donors (Lipinski definition) is 3. The first kappa shape index (κ1) is 23.2. The number of benzene rings is 3. The highest BCUT2D eigenvalue weighted by Gasteiger charge is 2.31. The number of amides is 3. The van der Waals surface area contributed by atoms with Gasteiger partial charge in [0.15, 0.2) is 11.5 Å². The van der Waals surface area contributed by atoms with Crippen molar-refractivity contribution >= 4 is 29.2 Å². The van der Waals surface area contributed by atoms with Crippen LogP contribution in [0, 0.1) is 0 Å². The van der Waals surface area contributed by atoms with Crippen molar-refractivity contribution in [2.24, 2.45) is 0 Å². The molecule has 0 saturated heterocycles. The molecule has 3 amide bonds. The second kappa shape index (κ2) is 10.3. The summed E-state index contributed by atoms with van der Waals surface area (Å²) in [6.45, 7) is 1.97. The highest BCUT2D eigenvalue weighted by molar-refractivity contribution is 6.31. The second-order valence-corrected chi connectivity index (χ2v) is 8.09. The molecule has 0 bridgehead atoms. The molecule has 1 heterocycles. The van der Waals surface area contributed by atoms with E-state index in [9.17, 15) is 9.59 Å². The van der Waals surface area contributed by atoms with E-state index in [1.807, 2.05) is 36.4 Å². The van der Waals surface area contributed by atoms with E-state index in [1.165, 1.54) is 7.11 Å². The minimum Gasteiger partial charge on any atom is -0.493 e. The number of anilines is 1. The molecule has 7 nitrogen and oxygen atoms in total. The maximum absolute atomic E-state index is 13.2. The molecular weight excluding hydrogens is 454 g/mol. The molecule has 0 fully saturated rings. The number of allylic oxidation sites excluding steroid dienone is 1. The van der Waals surface area contributed by atoms with E-state index in [0.717, 1.165) is 5.56 Å². The number of methoxy groups -OCH3 is 1. The lowest BCUT2D eigenvalue weighted by Gasteiger charge is -2.29. The molecule has 0 saturated carbocycles. The molecular formula is C26H24ClN3O4. The lowest BCUT2D eigenvalue weighted by molar-refractivity contribution is -0.113. The van der Waals surface area contributed by atoms with E-state index in [1.54, 1.807) is 43.3 Å². The third kappa shape index (κ3) is 5.15. The molecule has 0 aliphatic carbocycles. The standard InChI is InChI=1S/C26H24ClN3O4/c1-16-23(25(31)29-19-9-4-3-5-10-19)24(30-26(32)28-16)17-12-13-21(22(14-17)33-2)34-15-18-8-6-7-11-20(18)27/h3-14,24H,15H2,1-2H3,(H,29,31)(H2,28,30,32)/t24-/m0/s1. The average Bonchev–Trinajstić information content (AvgIpc) is 2.83. The predicted molar refractivity (Wildman–Crippen MR) is 131 cm³/mol. The number of nitrogens with one attached hydrogen (secondary N) is 3. The van der Waals surface area contributed by atoms with E-state index in [2.05, 4.69) is 16.0 Å². The van der Waals surface area contributed by atoms with Crippen LogP contribution in [0.3, 0.4) is 0 Å². The molecule has 1 atom stereocenters. The van der Waals surface area contributed by atoms with E-state index in [4.69, 9.17) is 21.1 Å². The molecule has 0 radical (unpaired) electrons. The van der Waals surface area contributed by atoms with Gasteiger partial charge in [-0.05, 0) is 42.8 Å². The summed E-state index contributed by atoms with van der Waals surface area (Å²) in [5, 5.41) is 9.01. The Morgan fingerprint density at radius 2 is 1.76 bits per heavy atom. The molecule has 8 heteroatoms. The largest absolute Gasteiger partial charge is 0.493 e. The van der Waals surface area contributed by atoms with E-state index >= 15 is 0 Å². The molecule has 34 heavy (non-hydrogen) atoms. The molecule has 0 spiro atoms. The number of rotatable bonds is 7. The van der Waals surface area contributed by atoms with Crippen LogP contribution in [0.2, 0.25) is 5.02 Å². The normalized spacial score (nSPS) is 15.3. The van der Waals surface area contributed by atoms with Gasteiger partial charge in [-0.1, -0.05) is 54.1 Å². The van der Waals surface area contributed by atoms with Crippen molar-refractivity contribution in [3.05, 3.63) is 100 Å². The fourth-order valence-corrected chi connectivity index (χ4v) is 3.91. The summed E-state index contributed by atoms with van der Waals surface area (Å²) < 4.78 is 11.5. The first-order chi connectivity index (χ1) is 16.5. The molecule has 3 aromatic carbocycles. The first-order valence-electron chi connectivity index (χ1n) is 10.6. The Labute approximate surface area is 202 Å². The topological polar surface area (TPSA) is 88.7 Å². The Hall–Kier alpha value is -3.97. The lowest BCUT2D eigenvalue weighted by Crippen LogP contribution is -2.45. The van der Waals surface area contributed by atoms with E-state index in [-0.39, 0.29) is 12.5 Å². The Morgan fingerprint density at radius 3 is 2.50 bits per heavy atom. The van der Waals surface area contributed by atoms with Crippen molar-refractivity contribution in [3.63, 3.8) is 0 Å². The first-order valence-corrected chi connectivity index (χ1v) is 11.0. The molecule has 4 rings (SSSR count). The summed E-state index contributed by atoms with van der Waals surface area (Å²) in [6.07, 6.45) is 0. The highest BCUT2D eigenvalue weighted by Crippen LogP contribution is 2.35. The smallest absolute Gasteiger partial charge is 0.319 e. The SMILES string of the molecule is COc1cc([C@@H]2NC(=O)NC(C)=C2C(=O)Nc2ccccc2)ccc1OCc1ccccc1Cl. The van der Waals surface area contributed by atoms with Crippen LogP contribution in [-0.2, 0) is 11.4 Å². The summed E-state index contributed by atoms with van der Waals surface area (Å²) in [7, 11) is 1.53. The fraction of sp³-hybridized carbons (Fsp3) is 0.154. The van der Waals surface area contributed by atoms with Gasteiger partial charge in [0.05, 0.1) is 18.7 Å². The van der Waals surface area contributed by atoms with Gasteiger partial charge in [0.2, 0.25) is 0 Å². The summed E-state index contributed by atoms with van der Waals surface area (Å²) >= 11 is 6.22. The van der Waals surface area contributed by atoms with Gasteiger partial charge >= 0.3 is 6.03 Å². The third-order valence-electron chi connectivity index (χ3n) is 5.41. The van der Waals surface area contributed by atoms with E-state index in [0.29, 0.717) is 39.0 Å². The van der Waals surface area contributed by atoms with Crippen LogP contribution in [0.1, 0.15) is 24.1 Å². The summed E-state index contributed by atoms with van der Waals surface area (Å²) in [5.41, 5.74) is 3.05. The van der Waals surface area contributed by atoms with Gasteiger partial charge in [0.1, 0.15) is 6.61 Å². The zero-order valence-corrected chi connectivity index (χ0v) is 19.5. The summed E-state index contributed by atoms with van der Waals surface area (Å²) in [5.74, 6) is 0.666. The predicted octanol–water partition coefficient (Wildman–Crippen LogP) is 5.19. The quantitative estimate of drug-likeness (QED) is 0.436. The lowest BCUT2D eigenvalue weighted by atomic mass is 9.94. The number of halogens is 1. The number of ether oxygens (including phenoxy) is 2. The minimum absolute atomic E-state index is 0.267. The van der Waals surface area contributed by atoms with Crippen LogP contribution in [0.15, 0.2) is 84.1 Å². The Morgan fingerprint density at radius 1 is 1.03 bits per heavy atom. The molecule has 3 aromatic rings. The second-order valence-electron chi connectivity index (χ2n) is 7.68. The van der Waals surface area contributed by atoms with Crippen molar-refractivity contribution in [3.8, 4) is 11.5 Å². The van der Waals surface area contributed by atoms with Gasteiger partial charge in [0, 0.05) is 22.0 Å². The van der Waals surface area contributed by atoms with Gasteiger partial charge in [-0.25, -0.2) is 4.79 Å². The van der Waals surface area contributed by atoms with Crippen molar-refractivity contribution in [2.45, 2.75) is 19.6 Å². The maximum Gasteiger partial charge on any atom is 0.319 e. The molecule has 3 N–H and O–H groups in total. The van der Waals surface area contributed by atoms with Crippen molar-refractivity contribution < 1.29 is 19.1 Å². The zero-order valence-electron chi connectivity index (χ0n) is 18.7. The number of para-hydroxylation sites is 1. The van der Waals surface area contributed by atoms with Crippen molar-refractivity contribution in [1.82, 2.24) is 10.6 Å². The van der Waals surface area contributed by atoms with E-state index < -0.39 is 12.1 Å². The average molecular weight is 478 g/mol. The molecule has 0 aromatic heterocycles. The van der Waals surface area contributed by atoms with Crippen molar-refractivity contribution in [2.75, 3.05) is 12.4 Å². The van der Waals surface area contributed by atoms with Crippen LogP contribution in [0.25, 0.3) is 0 Å². The highest BCUT2D eigenvalue weighted by atomic mass is 35.5. The van der Waals surface area contributed by atoms with Gasteiger partial charge in [-0.15, -0.1) is 0 Å². The van der Waals surface area contributed by atoms with Gasteiger partial charge < -0.3 is 25.4 Å². The Bertz CT molecular complexity index is 1240. The fourth-order valence-electron chi connectivity index (χ4n) is 3.72. The van der Waals surface area contributed by atoms with Gasteiger partial charge in [0.25, 0.3) is 5.91 Å². The van der Waals surface area contributed by atoms with Crippen LogP contribution < -0.4 is 25.4 Å². The number of urea groups is 1. The summed E-state index contributed by atoms with van der Waals surface area (Å²) in [4.78, 5) is 25.4. The Kier molecular flexibility index (Phi) is 7.04. The zero-order chi connectivity index (χ0) is 24.1. The monoisotopic (exact) mass is 477 g/mol. The van der Waals surface area contributed by atoms with Gasteiger partial charge in [-0.2, -0.15) is 0 Å². The van der Waals surface area contributed by atoms with Crippen molar-refractivity contribution in [1.29, 1.82) is 0 Å². The molecule has 174 valence electrons. The van der Waals surface area contributed by atoms with Crippen LogP contribution in [-0.4, -0.2) is 19.0 Å². The Balaban J connectivity index is 1.60. The molecule has 1 aliphatic heterocycles. The van der Waals surface area contributed by atoms with Gasteiger partial charge in [-0.3, -0.25) is 4.79 Å². The molecule has 1 aliphatic rings. The molecule has 0 unspecified atom stereocenters. The number of carbonyl (C=O) groups excluding carboxylic acids is 2. The minimum atomic E-state index is -0.677. The number of carbonyl (C=O) groups is 2. The summed E-state index contributed by atoms with van der Waals surface area (Å²) in [6, 6.07) is 20.8. The van der Waals surface area contributed by atoms with Crippen LogP contribution in [0.4, 0.5) is 10.5 Å².